The van der Waals surface area contributed by atoms with Crippen LogP contribution in [0.5, 0.6) is 0 Å². The highest BCUT2D eigenvalue weighted by Gasteiger charge is 2.36. The first-order valence-corrected chi connectivity index (χ1v) is 7.95. The smallest absolute Gasteiger partial charge is 0.254 e. The predicted molar refractivity (Wildman–Crippen MR) is 77.0 cm³/mol. The summed E-state index contributed by atoms with van der Waals surface area (Å²) in [5, 5.41) is 0. The number of carbonyl (C=O) groups excluding carboxylic acids is 1. The number of halogens is 3. The van der Waals surface area contributed by atoms with Gasteiger partial charge in [-0.15, -0.1) is 0 Å². The molecule has 0 bridgehead atoms. The van der Waals surface area contributed by atoms with Crippen molar-refractivity contribution in [2.45, 2.75) is 44.9 Å². The Morgan fingerprint density at radius 1 is 0.909 bits per heavy atom. The molecule has 2 fully saturated rings. The first-order valence-electron chi connectivity index (χ1n) is 7.95. The van der Waals surface area contributed by atoms with E-state index in [1.807, 2.05) is 0 Å². The van der Waals surface area contributed by atoms with Gasteiger partial charge in [-0.25, -0.2) is 13.2 Å². The number of benzene rings is 1. The topological polar surface area (TPSA) is 20.3 Å². The van der Waals surface area contributed by atoms with Gasteiger partial charge in [-0.3, -0.25) is 4.79 Å². The number of rotatable bonds is 1. The van der Waals surface area contributed by atoms with Crippen molar-refractivity contribution >= 4 is 5.91 Å². The van der Waals surface area contributed by atoms with E-state index in [1.54, 1.807) is 4.90 Å². The van der Waals surface area contributed by atoms with Crippen LogP contribution in [0.25, 0.3) is 0 Å². The Morgan fingerprint density at radius 3 is 2.00 bits per heavy atom. The van der Waals surface area contributed by atoms with Gasteiger partial charge in [0, 0.05) is 18.7 Å². The van der Waals surface area contributed by atoms with Crippen LogP contribution in [0, 0.1) is 22.9 Å². The van der Waals surface area contributed by atoms with Crippen LogP contribution in [0.2, 0.25) is 0 Å². The molecule has 1 aliphatic heterocycles. The van der Waals surface area contributed by atoms with E-state index >= 15 is 0 Å². The summed E-state index contributed by atoms with van der Waals surface area (Å²) in [7, 11) is 0. The molecule has 2 aliphatic rings. The van der Waals surface area contributed by atoms with Crippen LogP contribution in [-0.4, -0.2) is 23.9 Å². The van der Waals surface area contributed by atoms with Crippen LogP contribution in [0.3, 0.4) is 0 Å². The summed E-state index contributed by atoms with van der Waals surface area (Å²) >= 11 is 0. The Bertz CT molecular complexity index is 548. The zero-order chi connectivity index (χ0) is 15.7. The molecule has 1 amide bonds. The van der Waals surface area contributed by atoms with Crippen LogP contribution < -0.4 is 0 Å². The van der Waals surface area contributed by atoms with Crippen molar-refractivity contribution < 1.29 is 18.0 Å². The van der Waals surface area contributed by atoms with Crippen LogP contribution in [0.4, 0.5) is 13.2 Å². The number of amides is 1. The van der Waals surface area contributed by atoms with Gasteiger partial charge >= 0.3 is 0 Å². The minimum atomic E-state index is -1.53. The minimum Gasteiger partial charge on any atom is -0.339 e. The van der Waals surface area contributed by atoms with Gasteiger partial charge in [-0.1, -0.05) is 19.3 Å². The zero-order valence-electron chi connectivity index (χ0n) is 12.5. The van der Waals surface area contributed by atoms with Gasteiger partial charge in [0.2, 0.25) is 0 Å². The molecule has 1 aromatic rings. The highest BCUT2D eigenvalue weighted by Crippen LogP contribution is 2.44. The van der Waals surface area contributed by atoms with Crippen LogP contribution in [-0.2, 0) is 0 Å². The maximum absolute atomic E-state index is 13.3. The lowest BCUT2D eigenvalue weighted by atomic mass is 9.68. The van der Waals surface area contributed by atoms with E-state index in [2.05, 4.69) is 0 Å². The van der Waals surface area contributed by atoms with Gasteiger partial charge in [0.1, 0.15) is 0 Å². The van der Waals surface area contributed by atoms with Crippen molar-refractivity contribution in [2.75, 3.05) is 13.1 Å². The normalized spacial score (nSPS) is 21.1. The molecule has 0 aromatic heterocycles. The highest BCUT2D eigenvalue weighted by atomic mass is 19.2. The standard InChI is InChI=1S/C17H20F3NO/c18-13-10-12(11-14(19)15(13)20)16(22)21-8-6-17(7-9-21)4-2-1-3-5-17/h10-11H,1-9H2. The minimum absolute atomic E-state index is 0.115. The first kappa shape index (κ1) is 15.4. The van der Waals surface area contributed by atoms with Crippen LogP contribution in [0.1, 0.15) is 55.3 Å². The Balaban J connectivity index is 1.69. The molecule has 1 spiro atoms. The molecule has 0 unspecified atom stereocenters. The third-order valence-corrected chi connectivity index (χ3v) is 5.26. The quantitative estimate of drug-likeness (QED) is 0.709. The molecule has 120 valence electrons. The van der Waals surface area contributed by atoms with E-state index in [0.29, 0.717) is 18.5 Å². The second-order valence-corrected chi connectivity index (χ2v) is 6.61. The van der Waals surface area contributed by atoms with E-state index in [4.69, 9.17) is 0 Å². The predicted octanol–water partition coefficient (Wildman–Crippen LogP) is 4.29. The summed E-state index contributed by atoms with van der Waals surface area (Å²) in [5.74, 6) is -4.58. The molecule has 0 radical (unpaired) electrons. The molecule has 1 aromatic carbocycles. The Morgan fingerprint density at radius 2 is 1.45 bits per heavy atom. The average Bonchev–Trinajstić information content (AvgIpc) is 2.53. The lowest BCUT2D eigenvalue weighted by Gasteiger charge is -2.44. The Kier molecular flexibility index (Phi) is 4.15. The maximum atomic E-state index is 13.3. The molecular weight excluding hydrogens is 291 g/mol. The molecule has 1 saturated heterocycles. The van der Waals surface area contributed by atoms with E-state index < -0.39 is 23.4 Å². The summed E-state index contributed by atoms with van der Waals surface area (Å²) in [5.41, 5.74) is 0.241. The molecule has 2 nitrogen and oxygen atoms in total. The second-order valence-electron chi connectivity index (χ2n) is 6.61. The summed E-state index contributed by atoms with van der Waals surface area (Å²) in [6.07, 6.45) is 8.13. The molecule has 3 rings (SSSR count). The fourth-order valence-corrected chi connectivity index (χ4v) is 3.85. The Hall–Kier alpha value is -1.52. The van der Waals surface area contributed by atoms with Crippen molar-refractivity contribution in [3.63, 3.8) is 0 Å². The van der Waals surface area contributed by atoms with Crippen molar-refractivity contribution in [3.8, 4) is 0 Å². The molecule has 0 N–H and O–H groups in total. The summed E-state index contributed by atoms with van der Waals surface area (Å²) in [6, 6.07) is 1.57. The fraction of sp³-hybridized carbons (Fsp3) is 0.588. The Labute approximate surface area is 128 Å². The molecule has 1 saturated carbocycles. The first-order chi connectivity index (χ1) is 10.5. The molecule has 1 heterocycles. The molecule has 5 heteroatoms. The van der Waals surface area contributed by atoms with Crippen LogP contribution in [0.15, 0.2) is 12.1 Å². The highest BCUT2D eigenvalue weighted by molar-refractivity contribution is 5.94. The monoisotopic (exact) mass is 311 g/mol. The number of hydrogen-bond acceptors (Lipinski definition) is 1. The maximum Gasteiger partial charge on any atom is 0.254 e. The van der Waals surface area contributed by atoms with Gasteiger partial charge in [-0.05, 0) is 43.2 Å². The number of hydrogen-bond donors (Lipinski definition) is 0. The van der Waals surface area contributed by atoms with Gasteiger partial charge in [0.25, 0.3) is 5.91 Å². The van der Waals surface area contributed by atoms with E-state index in [0.717, 1.165) is 25.0 Å². The van der Waals surface area contributed by atoms with Gasteiger partial charge in [0.05, 0.1) is 0 Å². The van der Waals surface area contributed by atoms with Gasteiger partial charge in [-0.2, -0.15) is 0 Å². The van der Waals surface area contributed by atoms with Crippen molar-refractivity contribution in [1.82, 2.24) is 4.90 Å². The lowest BCUT2D eigenvalue weighted by molar-refractivity contribution is 0.0471. The number of carbonyl (C=O) groups is 1. The third kappa shape index (κ3) is 2.85. The number of piperidine rings is 1. The number of nitrogens with zero attached hydrogens (tertiary/aromatic N) is 1. The van der Waals surface area contributed by atoms with Gasteiger partial charge < -0.3 is 4.90 Å². The van der Waals surface area contributed by atoms with Crippen molar-refractivity contribution in [3.05, 3.63) is 35.1 Å². The van der Waals surface area contributed by atoms with E-state index in [1.165, 1.54) is 32.1 Å². The molecule has 22 heavy (non-hydrogen) atoms. The van der Waals surface area contributed by atoms with Crippen molar-refractivity contribution in [1.29, 1.82) is 0 Å². The third-order valence-electron chi connectivity index (χ3n) is 5.26. The second kappa shape index (κ2) is 5.94. The molecule has 0 atom stereocenters. The summed E-state index contributed by atoms with van der Waals surface area (Å²) in [4.78, 5) is 14.0. The number of likely N-dealkylation sites (tertiary alicyclic amines) is 1. The van der Waals surface area contributed by atoms with E-state index in [9.17, 15) is 18.0 Å². The largest absolute Gasteiger partial charge is 0.339 e. The fourth-order valence-electron chi connectivity index (χ4n) is 3.85. The van der Waals surface area contributed by atoms with Crippen LogP contribution >= 0.6 is 0 Å². The molecule has 1 aliphatic carbocycles. The van der Waals surface area contributed by atoms with E-state index in [-0.39, 0.29) is 5.56 Å². The SMILES string of the molecule is O=C(c1cc(F)c(F)c(F)c1)N1CCC2(CCCCC2)CC1. The summed E-state index contributed by atoms with van der Waals surface area (Å²) in [6.45, 7) is 1.22. The van der Waals surface area contributed by atoms with Gasteiger partial charge in [0.15, 0.2) is 17.5 Å². The summed E-state index contributed by atoms with van der Waals surface area (Å²) < 4.78 is 39.5. The van der Waals surface area contributed by atoms with Crippen molar-refractivity contribution in [2.24, 2.45) is 5.41 Å². The average molecular weight is 311 g/mol. The zero-order valence-corrected chi connectivity index (χ0v) is 12.5. The lowest BCUT2D eigenvalue weighted by Crippen LogP contribution is -2.44. The molecular formula is C17H20F3NO.